The Bertz CT molecular complexity index is 447. The Balaban J connectivity index is 2.75. The van der Waals surface area contributed by atoms with Crippen LogP contribution >= 0.6 is 11.8 Å². The van der Waals surface area contributed by atoms with Crippen molar-refractivity contribution in [2.45, 2.75) is 84.2 Å². The maximum atomic E-state index is 12.7. The molecule has 0 aromatic heterocycles. The first kappa shape index (κ1) is 20.7. The fourth-order valence-corrected chi connectivity index (χ4v) is 2.98. The highest BCUT2D eigenvalue weighted by Gasteiger charge is 2.57. The smallest absolute Gasteiger partial charge is 0.245 e. The average Bonchev–Trinajstić information content (AvgIpc) is 2.51. The molecule has 1 aliphatic rings. The predicted octanol–water partition coefficient (Wildman–Crippen LogP) is 3.41. The highest BCUT2D eigenvalue weighted by atomic mass is 35.5. The lowest BCUT2D eigenvalue weighted by Gasteiger charge is -2.39. The third-order valence-electron chi connectivity index (χ3n) is 4.69. The van der Waals surface area contributed by atoms with Gasteiger partial charge in [0, 0.05) is 7.11 Å². The molecular formula is C17H33ClN2O3. The van der Waals surface area contributed by atoms with Crippen LogP contribution in [0.4, 0.5) is 0 Å². The van der Waals surface area contributed by atoms with Crippen LogP contribution < -0.4 is 0 Å². The molecule has 0 bridgehead atoms. The Labute approximate surface area is 146 Å². The van der Waals surface area contributed by atoms with E-state index in [1.807, 2.05) is 60.3 Å². The molecule has 0 N–H and O–H groups in total. The summed E-state index contributed by atoms with van der Waals surface area (Å²) in [5.41, 5.74) is -1.96. The molecule has 136 valence electrons. The standard InChI is InChI=1S/C17H33ClN2O3/c1-14(2,22-9)10-11-23-15(3,4)12-19-13(21)16(5,6)20(18)17(19,7)8/h10-12H2,1-9H3. The Morgan fingerprint density at radius 1 is 1.09 bits per heavy atom. The first-order valence-corrected chi connectivity index (χ1v) is 8.48. The minimum atomic E-state index is -0.723. The van der Waals surface area contributed by atoms with E-state index < -0.39 is 16.8 Å². The lowest BCUT2D eigenvalue weighted by molar-refractivity contribution is -0.139. The fourth-order valence-electron chi connectivity index (χ4n) is 2.82. The molecule has 1 fully saturated rings. The topological polar surface area (TPSA) is 42.0 Å². The van der Waals surface area contributed by atoms with Gasteiger partial charge in [-0.3, -0.25) is 4.79 Å². The summed E-state index contributed by atoms with van der Waals surface area (Å²) in [4.78, 5) is 14.5. The molecule has 1 aliphatic heterocycles. The van der Waals surface area contributed by atoms with E-state index in [0.717, 1.165) is 6.42 Å². The number of nitrogens with zero attached hydrogens (tertiary/aromatic N) is 2. The van der Waals surface area contributed by atoms with Crippen molar-refractivity contribution < 1.29 is 14.3 Å². The third-order valence-corrected chi connectivity index (χ3v) is 5.52. The average molecular weight is 349 g/mol. The number of hydrogen-bond acceptors (Lipinski definition) is 4. The van der Waals surface area contributed by atoms with Gasteiger partial charge in [-0.15, -0.1) is 0 Å². The van der Waals surface area contributed by atoms with Gasteiger partial charge in [0.1, 0.15) is 11.2 Å². The number of methoxy groups -OCH3 is 1. The molecule has 6 heteroatoms. The molecule has 0 radical (unpaired) electrons. The van der Waals surface area contributed by atoms with E-state index >= 15 is 0 Å². The molecule has 5 nitrogen and oxygen atoms in total. The van der Waals surface area contributed by atoms with Gasteiger partial charge in [0.2, 0.25) is 5.91 Å². The van der Waals surface area contributed by atoms with Gasteiger partial charge in [0.05, 0.1) is 24.4 Å². The third kappa shape index (κ3) is 4.38. The van der Waals surface area contributed by atoms with Crippen LogP contribution in [0.3, 0.4) is 0 Å². The molecule has 0 spiro atoms. The number of carbonyl (C=O) groups excluding carboxylic acids is 1. The van der Waals surface area contributed by atoms with Crippen molar-refractivity contribution in [1.82, 2.24) is 9.32 Å². The van der Waals surface area contributed by atoms with Crippen LogP contribution in [0.15, 0.2) is 0 Å². The lowest BCUT2D eigenvalue weighted by atomic mass is 10.0. The Morgan fingerprint density at radius 2 is 1.61 bits per heavy atom. The molecule has 23 heavy (non-hydrogen) atoms. The SMILES string of the molecule is COC(C)(C)CCOC(C)(C)CN1C(=O)C(C)(C)N(Cl)C1(C)C. The second-order valence-electron chi connectivity index (χ2n) is 8.55. The summed E-state index contributed by atoms with van der Waals surface area (Å²) >= 11 is 6.41. The summed E-state index contributed by atoms with van der Waals surface area (Å²) in [6.07, 6.45) is 0.789. The van der Waals surface area contributed by atoms with Crippen molar-refractivity contribution in [3.05, 3.63) is 0 Å². The van der Waals surface area contributed by atoms with E-state index in [2.05, 4.69) is 0 Å². The van der Waals surface area contributed by atoms with E-state index in [9.17, 15) is 4.79 Å². The van der Waals surface area contributed by atoms with Crippen molar-refractivity contribution in [2.24, 2.45) is 0 Å². The van der Waals surface area contributed by atoms with Gasteiger partial charge in [-0.2, -0.15) is 4.42 Å². The summed E-state index contributed by atoms with van der Waals surface area (Å²) in [6, 6.07) is 0. The van der Waals surface area contributed by atoms with E-state index in [-0.39, 0.29) is 11.5 Å². The first-order valence-electron chi connectivity index (χ1n) is 8.15. The number of rotatable bonds is 7. The van der Waals surface area contributed by atoms with Crippen molar-refractivity contribution in [3.63, 3.8) is 0 Å². The number of amides is 1. The van der Waals surface area contributed by atoms with Gasteiger partial charge in [0.25, 0.3) is 0 Å². The molecule has 0 unspecified atom stereocenters. The van der Waals surface area contributed by atoms with Gasteiger partial charge < -0.3 is 14.4 Å². The summed E-state index contributed by atoms with van der Waals surface area (Å²) < 4.78 is 13.1. The van der Waals surface area contributed by atoms with Crippen LogP contribution in [0, 0.1) is 0 Å². The minimum absolute atomic E-state index is 0.0198. The highest BCUT2D eigenvalue weighted by Crippen LogP contribution is 2.40. The maximum absolute atomic E-state index is 12.7. The summed E-state index contributed by atoms with van der Waals surface area (Å²) in [5.74, 6) is 0.0198. The molecule has 1 saturated heterocycles. The number of halogens is 1. The number of ether oxygens (including phenoxy) is 2. The zero-order chi connectivity index (χ0) is 18.3. The summed E-state index contributed by atoms with van der Waals surface area (Å²) in [6.45, 7) is 16.7. The Morgan fingerprint density at radius 3 is 2.00 bits per heavy atom. The van der Waals surface area contributed by atoms with Crippen molar-refractivity contribution in [2.75, 3.05) is 20.3 Å². The largest absolute Gasteiger partial charge is 0.379 e. The minimum Gasteiger partial charge on any atom is -0.379 e. The number of hydrogen-bond donors (Lipinski definition) is 0. The van der Waals surface area contributed by atoms with E-state index in [0.29, 0.717) is 13.2 Å². The molecule has 1 amide bonds. The second kappa shape index (κ2) is 6.51. The second-order valence-corrected chi connectivity index (χ2v) is 8.89. The molecule has 1 rings (SSSR count). The maximum Gasteiger partial charge on any atom is 0.245 e. The van der Waals surface area contributed by atoms with Crippen LogP contribution in [-0.2, 0) is 14.3 Å². The molecule has 1 heterocycles. The van der Waals surface area contributed by atoms with Crippen molar-refractivity contribution >= 4 is 17.7 Å². The molecule has 0 aliphatic carbocycles. The predicted molar refractivity (Wildman–Crippen MR) is 93.3 cm³/mol. The summed E-state index contributed by atoms with van der Waals surface area (Å²) in [5, 5.41) is 0. The van der Waals surface area contributed by atoms with Gasteiger partial charge in [-0.25, -0.2) is 0 Å². The van der Waals surface area contributed by atoms with Gasteiger partial charge in [-0.05, 0) is 73.6 Å². The number of carbonyl (C=O) groups is 1. The fraction of sp³-hybridized carbons (Fsp3) is 0.941. The van der Waals surface area contributed by atoms with Crippen LogP contribution in [0.1, 0.15) is 61.8 Å². The van der Waals surface area contributed by atoms with Gasteiger partial charge in [0.15, 0.2) is 0 Å². The van der Waals surface area contributed by atoms with E-state index in [1.165, 1.54) is 0 Å². The van der Waals surface area contributed by atoms with Crippen LogP contribution in [-0.4, -0.2) is 57.9 Å². The zero-order valence-corrected chi connectivity index (χ0v) is 16.9. The molecule has 0 aromatic carbocycles. The Hall–Kier alpha value is -0.360. The van der Waals surface area contributed by atoms with E-state index in [4.69, 9.17) is 21.3 Å². The zero-order valence-electron chi connectivity index (χ0n) is 16.1. The van der Waals surface area contributed by atoms with Crippen molar-refractivity contribution in [3.8, 4) is 0 Å². The van der Waals surface area contributed by atoms with Crippen molar-refractivity contribution in [1.29, 1.82) is 0 Å². The first-order chi connectivity index (χ1) is 10.2. The van der Waals surface area contributed by atoms with Gasteiger partial charge in [-0.1, -0.05) is 0 Å². The van der Waals surface area contributed by atoms with E-state index in [1.54, 1.807) is 11.5 Å². The lowest BCUT2D eigenvalue weighted by Crippen LogP contribution is -2.52. The molecule has 0 saturated carbocycles. The Kier molecular flexibility index (Phi) is 5.85. The molecular weight excluding hydrogens is 316 g/mol. The highest BCUT2D eigenvalue weighted by molar-refractivity contribution is 6.17. The van der Waals surface area contributed by atoms with Gasteiger partial charge >= 0.3 is 0 Å². The molecule has 0 atom stereocenters. The monoisotopic (exact) mass is 348 g/mol. The van der Waals surface area contributed by atoms with Crippen LogP contribution in [0.25, 0.3) is 0 Å². The summed E-state index contributed by atoms with van der Waals surface area (Å²) in [7, 11) is 1.70. The molecule has 0 aromatic rings. The van der Waals surface area contributed by atoms with Crippen LogP contribution in [0.2, 0.25) is 0 Å². The normalized spacial score (nSPS) is 22.0. The quantitative estimate of drug-likeness (QED) is 0.661. The van der Waals surface area contributed by atoms with Crippen LogP contribution in [0.5, 0.6) is 0 Å².